The minimum atomic E-state index is -0.0705. The summed E-state index contributed by atoms with van der Waals surface area (Å²) in [5.41, 5.74) is 4.36. The Kier molecular flexibility index (Phi) is 3.79. The summed E-state index contributed by atoms with van der Waals surface area (Å²) in [6.07, 6.45) is 4.60. The molecule has 0 radical (unpaired) electrons. The van der Waals surface area contributed by atoms with Crippen molar-refractivity contribution < 1.29 is 4.39 Å². The van der Waals surface area contributed by atoms with Gasteiger partial charge in [-0.2, -0.15) is 0 Å². The second-order valence-electron chi connectivity index (χ2n) is 5.24. The average Bonchev–Trinajstić information content (AvgIpc) is 2.90. The summed E-state index contributed by atoms with van der Waals surface area (Å²) in [5, 5.41) is 3.53. The highest BCUT2D eigenvalue weighted by molar-refractivity contribution is 5.35. The first-order chi connectivity index (χ1) is 9.79. The number of nitrogens with one attached hydrogen (secondary N) is 1. The molecule has 0 fully saturated rings. The van der Waals surface area contributed by atoms with E-state index < -0.39 is 0 Å². The molecule has 1 aliphatic carbocycles. The van der Waals surface area contributed by atoms with Gasteiger partial charge in [0.05, 0.1) is 5.69 Å². The van der Waals surface area contributed by atoms with Crippen molar-refractivity contribution in [3.05, 3.63) is 64.7 Å². The van der Waals surface area contributed by atoms with Crippen molar-refractivity contribution in [3.8, 4) is 0 Å². The summed E-state index contributed by atoms with van der Waals surface area (Å²) in [5.74, 6) is -0.0705. The monoisotopic (exact) mass is 270 g/mol. The van der Waals surface area contributed by atoms with E-state index in [-0.39, 0.29) is 11.9 Å². The minimum absolute atomic E-state index is 0.0705. The third kappa shape index (κ3) is 2.46. The molecule has 0 saturated heterocycles. The molecule has 104 valence electrons. The van der Waals surface area contributed by atoms with Gasteiger partial charge in [0.2, 0.25) is 0 Å². The Balaban J connectivity index is 1.74. The van der Waals surface area contributed by atoms with E-state index >= 15 is 0 Å². The van der Waals surface area contributed by atoms with Gasteiger partial charge in [0, 0.05) is 18.8 Å². The Morgan fingerprint density at radius 1 is 1.30 bits per heavy atom. The number of nitrogens with zero attached hydrogens (tertiary/aromatic N) is 1. The molecule has 0 spiro atoms. The molecule has 1 aromatic carbocycles. The molecule has 0 amide bonds. The molecule has 1 N–H and O–H groups in total. The second kappa shape index (κ2) is 5.71. The zero-order chi connectivity index (χ0) is 13.9. The summed E-state index contributed by atoms with van der Waals surface area (Å²) < 4.78 is 13.7. The van der Waals surface area contributed by atoms with E-state index in [1.807, 2.05) is 18.3 Å². The van der Waals surface area contributed by atoms with E-state index in [9.17, 15) is 4.39 Å². The van der Waals surface area contributed by atoms with Gasteiger partial charge in [-0.3, -0.25) is 4.98 Å². The highest BCUT2D eigenvalue weighted by atomic mass is 19.1. The van der Waals surface area contributed by atoms with Crippen molar-refractivity contribution in [2.75, 3.05) is 0 Å². The predicted molar refractivity (Wildman–Crippen MR) is 77.9 cm³/mol. The highest BCUT2D eigenvalue weighted by Crippen LogP contribution is 2.32. The van der Waals surface area contributed by atoms with E-state index in [0.29, 0.717) is 0 Å². The first-order valence-corrected chi connectivity index (χ1v) is 7.23. The molecule has 0 saturated carbocycles. The Hall–Kier alpha value is -1.74. The molecule has 1 atom stereocenters. The van der Waals surface area contributed by atoms with Crippen LogP contribution in [0.2, 0.25) is 0 Å². The smallest absolute Gasteiger partial charge is 0.126 e. The lowest BCUT2D eigenvalue weighted by molar-refractivity contribution is 0.523. The zero-order valence-electron chi connectivity index (χ0n) is 11.7. The zero-order valence-corrected chi connectivity index (χ0v) is 11.7. The SMILES string of the molecule is CCc1cccnc1CNC1CCc2c(F)cccc21. The van der Waals surface area contributed by atoms with Crippen molar-refractivity contribution in [3.63, 3.8) is 0 Å². The van der Waals surface area contributed by atoms with Crippen molar-refractivity contribution in [2.45, 2.75) is 38.8 Å². The van der Waals surface area contributed by atoms with Crippen LogP contribution in [0.4, 0.5) is 4.39 Å². The number of pyridine rings is 1. The lowest BCUT2D eigenvalue weighted by Gasteiger charge is -2.15. The Morgan fingerprint density at radius 2 is 2.20 bits per heavy atom. The molecule has 20 heavy (non-hydrogen) atoms. The summed E-state index contributed by atoms with van der Waals surface area (Å²) in [6.45, 7) is 2.88. The number of benzene rings is 1. The fourth-order valence-corrected chi connectivity index (χ4v) is 2.99. The van der Waals surface area contributed by atoms with Gasteiger partial charge in [-0.1, -0.05) is 25.1 Å². The highest BCUT2D eigenvalue weighted by Gasteiger charge is 2.24. The van der Waals surface area contributed by atoms with E-state index in [4.69, 9.17) is 0 Å². The van der Waals surface area contributed by atoms with Crippen LogP contribution < -0.4 is 5.32 Å². The van der Waals surface area contributed by atoms with Crippen LogP contribution in [-0.4, -0.2) is 4.98 Å². The number of hydrogen-bond donors (Lipinski definition) is 1. The number of halogens is 1. The number of fused-ring (bicyclic) bond motifs is 1. The van der Waals surface area contributed by atoms with Crippen molar-refractivity contribution in [1.29, 1.82) is 0 Å². The van der Waals surface area contributed by atoms with Crippen LogP contribution in [0.3, 0.4) is 0 Å². The van der Waals surface area contributed by atoms with Crippen LogP contribution in [0.25, 0.3) is 0 Å². The summed E-state index contributed by atoms with van der Waals surface area (Å²) in [6, 6.07) is 9.71. The molecule has 3 rings (SSSR count). The number of aryl methyl sites for hydroxylation is 1. The van der Waals surface area contributed by atoms with Crippen LogP contribution in [0.5, 0.6) is 0 Å². The maximum atomic E-state index is 13.7. The molecule has 2 nitrogen and oxygen atoms in total. The van der Waals surface area contributed by atoms with Crippen LogP contribution in [-0.2, 0) is 19.4 Å². The molecule has 1 aliphatic rings. The quantitative estimate of drug-likeness (QED) is 0.919. The maximum absolute atomic E-state index is 13.7. The van der Waals surface area contributed by atoms with Gasteiger partial charge in [-0.15, -0.1) is 0 Å². The average molecular weight is 270 g/mol. The first-order valence-electron chi connectivity index (χ1n) is 7.23. The van der Waals surface area contributed by atoms with E-state index in [0.717, 1.165) is 42.6 Å². The van der Waals surface area contributed by atoms with E-state index in [1.165, 1.54) is 5.56 Å². The molecule has 0 aliphatic heterocycles. The second-order valence-corrected chi connectivity index (χ2v) is 5.24. The third-order valence-corrected chi connectivity index (χ3v) is 4.09. The Bertz CT molecular complexity index is 610. The first kappa shape index (κ1) is 13.3. The Morgan fingerprint density at radius 3 is 3.05 bits per heavy atom. The molecule has 3 heteroatoms. The van der Waals surface area contributed by atoms with Crippen LogP contribution in [0.15, 0.2) is 36.5 Å². The van der Waals surface area contributed by atoms with Gasteiger partial charge in [-0.25, -0.2) is 4.39 Å². The van der Waals surface area contributed by atoms with Gasteiger partial charge in [0.25, 0.3) is 0 Å². The lowest BCUT2D eigenvalue weighted by Crippen LogP contribution is -2.20. The van der Waals surface area contributed by atoms with Crippen molar-refractivity contribution in [2.24, 2.45) is 0 Å². The fourth-order valence-electron chi connectivity index (χ4n) is 2.99. The summed E-state index contributed by atoms with van der Waals surface area (Å²) >= 11 is 0. The van der Waals surface area contributed by atoms with Gasteiger partial charge in [0.1, 0.15) is 5.82 Å². The van der Waals surface area contributed by atoms with Gasteiger partial charge < -0.3 is 5.32 Å². The molecular formula is C17H19FN2. The van der Waals surface area contributed by atoms with Gasteiger partial charge in [-0.05, 0) is 48.1 Å². The molecule has 1 aromatic heterocycles. The largest absolute Gasteiger partial charge is 0.304 e. The molecule has 0 bridgehead atoms. The van der Waals surface area contributed by atoms with Gasteiger partial charge in [0.15, 0.2) is 0 Å². The number of hydrogen-bond acceptors (Lipinski definition) is 2. The Labute approximate surface area is 119 Å². The van der Waals surface area contributed by atoms with Gasteiger partial charge >= 0.3 is 0 Å². The maximum Gasteiger partial charge on any atom is 0.126 e. The lowest BCUT2D eigenvalue weighted by atomic mass is 10.1. The minimum Gasteiger partial charge on any atom is -0.304 e. The molecule has 2 aromatic rings. The third-order valence-electron chi connectivity index (χ3n) is 4.09. The van der Waals surface area contributed by atoms with Crippen molar-refractivity contribution >= 4 is 0 Å². The summed E-state index contributed by atoms with van der Waals surface area (Å²) in [7, 11) is 0. The van der Waals surface area contributed by atoms with Crippen molar-refractivity contribution in [1.82, 2.24) is 10.3 Å². The van der Waals surface area contributed by atoms with Crippen LogP contribution in [0.1, 0.15) is 41.8 Å². The standard InChI is InChI=1S/C17H19FN2/c1-2-12-5-4-10-19-17(12)11-20-16-9-8-13-14(16)6-3-7-15(13)18/h3-7,10,16,20H,2,8-9,11H2,1H3. The summed E-state index contributed by atoms with van der Waals surface area (Å²) in [4.78, 5) is 4.45. The van der Waals surface area contributed by atoms with E-state index in [1.54, 1.807) is 12.1 Å². The fraction of sp³-hybridized carbons (Fsp3) is 0.353. The predicted octanol–water partition coefficient (Wildman–Crippen LogP) is 3.56. The number of rotatable bonds is 4. The topological polar surface area (TPSA) is 24.9 Å². The van der Waals surface area contributed by atoms with Crippen LogP contribution >= 0.6 is 0 Å². The van der Waals surface area contributed by atoms with E-state index in [2.05, 4.69) is 23.3 Å². The molecule has 1 unspecified atom stereocenters. The molecule has 1 heterocycles. The van der Waals surface area contributed by atoms with Crippen LogP contribution in [0, 0.1) is 5.82 Å². The normalized spacial score (nSPS) is 17.2. The number of aromatic nitrogens is 1. The molecular weight excluding hydrogens is 251 g/mol.